The molecule has 0 bridgehead atoms. The Kier molecular flexibility index (Phi) is 4.19. The van der Waals surface area contributed by atoms with Crippen LogP contribution in [0.15, 0.2) is 18.5 Å². The Morgan fingerprint density at radius 2 is 2.04 bits per heavy atom. The van der Waals surface area contributed by atoms with E-state index in [4.69, 9.17) is 16.3 Å². The highest BCUT2D eigenvalue weighted by Crippen LogP contribution is 2.25. The number of ether oxygens (including phenoxy) is 1. The fourth-order valence-corrected chi connectivity index (χ4v) is 2.91. The maximum absolute atomic E-state index is 12.1. The second-order valence-electron chi connectivity index (χ2n) is 6.87. The molecule has 23 heavy (non-hydrogen) atoms. The van der Waals surface area contributed by atoms with Crippen molar-refractivity contribution in [1.29, 1.82) is 0 Å². The van der Waals surface area contributed by atoms with E-state index in [1.54, 1.807) is 11.1 Å². The lowest BCUT2D eigenvalue weighted by atomic mass is 10.1. The van der Waals surface area contributed by atoms with Crippen LogP contribution in [0.1, 0.15) is 39.7 Å². The van der Waals surface area contributed by atoms with Gasteiger partial charge in [0.05, 0.1) is 12.2 Å². The van der Waals surface area contributed by atoms with Crippen LogP contribution in [0.25, 0.3) is 10.9 Å². The maximum atomic E-state index is 12.1. The van der Waals surface area contributed by atoms with Crippen molar-refractivity contribution in [3.05, 3.63) is 23.6 Å². The molecule has 3 rings (SSSR count). The van der Waals surface area contributed by atoms with Crippen molar-refractivity contribution in [3.8, 4) is 0 Å². The highest BCUT2D eigenvalue weighted by molar-refractivity contribution is 6.30. The number of carbonyl (C=O) groups is 1. The SMILES string of the molecule is CC(C)(C)OC(=O)N1CCC(n2cc3cc(Cl)ncc3n2)CC1. The molecule has 124 valence electrons. The van der Waals surface area contributed by atoms with E-state index in [0.717, 1.165) is 23.7 Å². The van der Waals surface area contributed by atoms with Gasteiger partial charge in [-0.1, -0.05) is 11.6 Å². The van der Waals surface area contributed by atoms with E-state index >= 15 is 0 Å². The predicted octanol–water partition coefficient (Wildman–Crippen LogP) is 3.66. The molecular formula is C16H21ClN4O2. The topological polar surface area (TPSA) is 60.2 Å². The van der Waals surface area contributed by atoms with E-state index in [-0.39, 0.29) is 12.1 Å². The number of likely N-dealkylation sites (tertiary alicyclic amines) is 1. The summed E-state index contributed by atoms with van der Waals surface area (Å²) in [6, 6.07) is 2.09. The maximum Gasteiger partial charge on any atom is 0.410 e. The van der Waals surface area contributed by atoms with Crippen LogP contribution >= 0.6 is 11.6 Å². The third kappa shape index (κ3) is 3.75. The highest BCUT2D eigenvalue weighted by Gasteiger charge is 2.27. The molecule has 7 heteroatoms. The molecule has 1 aliphatic rings. The molecule has 2 aromatic rings. The standard InChI is InChI=1S/C16H21ClN4O2/c1-16(2,3)23-15(22)20-6-4-12(5-7-20)21-10-11-8-14(17)18-9-13(11)19-21/h8-10,12H,4-7H2,1-3H3. The molecule has 0 N–H and O–H groups in total. The van der Waals surface area contributed by atoms with Crippen molar-refractivity contribution in [2.24, 2.45) is 0 Å². The van der Waals surface area contributed by atoms with Crippen LogP contribution in [-0.2, 0) is 4.74 Å². The van der Waals surface area contributed by atoms with Crippen molar-refractivity contribution in [2.75, 3.05) is 13.1 Å². The first kappa shape index (κ1) is 16.1. The number of pyridine rings is 1. The van der Waals surface area contributed by atoms with Crippen LogP contribution in [-0.4, -0.2) is 44.4 Å². The quantitative estimate of drug-likeness (QED) is 0.746. The molecule has 1 fully saturated rings. The zero-order valence-electron chi connectivity index (χ0n) is 13.6. The van der Waals surface area contributed by atoms with Crippen molar-refractivity contribution in [1.82, 2.24) is 19.7 Å². The van der Waals surface area contributed by atoms with Gasteiger partial charge in [0.1, 0.15) is 16.3 Å². The first-order valence-electron chi connectivity index (χ1n) is 7.80. The Balaban J connectivity index is 1.65. The first-order valence-corrected chi connectivity index (χ1v) is 8.18. The summed E-state index contributed by atoms with van der Waals surface area (Å²) in [5.74, 6) is 0. The zero-order chi connectivity index (χ0) is 16.6. The Hall–Kier alpha value is -1.82. The van der Waals surface area contributed by atoms with Gasteiger partial charge in [-0.2, -0.15) is 5.10 Å². The van der Waals surface area contributed by atoms with Crippen LogP contribution in [0, 0.1) is 0 Å². The van der Waals surface area contributed by atoms with Crippen LogP contribution in [0.5, 0.6) is 0 Å². The summed E-state index contributed by atoms with van der Waals surface area (Å²) >= 11 is 5.91. The van der Waals surface area contributed by atoms with Crippen LogP contribution in [0.2, 0.25) is 5.15 Å². The molecule has 0 atom stereocenters. The molecular weight excluding hydrogens is 316 g/mol. The monoisotopic (exact) mass is 336 g/mol. The number of halogens is 1. The number of nitrogens with zero attached hydrogens (tertiary/aromatic N) is 4. The molecule has 3 heterocycles. The second kappa shape index (κ2) is 6.00. The van der Waals surface area contributed by atoms with Crippen LogP contribution in [0.4, 0.5) is 4.79 Å². The van der Waals surface area contributed by atoms with Gasteiger partial charge in [0, 0.05) is 24.7 Å². The molecule has 0 unspecified atom stereocenters. The van der Waals surface area contributed by atoms with Gasteiger partial charge in [0.2, 0.25) is 0 Å². The molecule has 0 saturated carbocycles. The summed E-state index contributed by atoms with van der Waals surface area (Å²) in [7, 11) is 0. The van der Waals surface area contributed by atoms with Gasteiger partial charge < -0.3 is 9.64 Å². The fourth-order valence-electron chi connectivity index (χ4n) is 2.75. The third-order valence-electron chi connectivity index (χ3n) is 3.87. The van der Waals surface area contributed by atoms with Crippen molar-refractivity contribution in [3.63, 3.8) is 0 Å². The average Bonchev–Trinajstić information content (AvgIpc) is 2.88. The first-order chi connectivity index (χ1) is 10.8. The number of aromatic nitrogens is 3. The van der Waals surface area contributed by atoms with Gasteiger partial charge in [-0.3, -0.25) is 4.68 Å². The van der Waals surface area contributed by atoms with Gasteiger partial charge in [-0.25, -0.2) is 9.78 Å². The van der Waals surface area contributed by atoms with Crippen molar-refractivity contribution in [2.45, 2.75) is 45.3 Å². The van der Waals surface area contributed by atoms with Crippen LogP contribution in [0.3, 0.4) is 0 Å². The number of amides is 1. The normalized spacial score (nSPS) is 16.8. The summed E-state index contributed by atoms with van der Waals surface area (Å²) in [6.07, 6.45) is 5.15. The molecule has 0 spiro atoms. The molecule has 2 aromatic heterocycles. The van der Waals surface area contributed by atoms with Crippen molar-refractivity contribution >= 4 is 28.6 Å². The second-order valence-corrected chi connectivity index (χ2v) is 7.26. The third-order valence-corrected chi connectivity index (χ3v) is 4.07. The molecule has 1 saturated heterocycles. The minimum atomic E-state index is -0.458. The largest absolute Gasteiger partial charge is 0.444 e. The lowest BCUT2D eigenvalue weighted by Gasteiger charge is -2.33. The smallest absolute Gasteiger partial charge is 0.410 e. The molecule has 0 aliphatic carbocycles. The van der Waals surface area contributed by atoms with Gasteiger partial charge in [-0.15, -0.1) is 0 Å². The zero-order valence-corrected chi connectivity index (χ0v) is 14.4. The van der Waals surface area contributed by atoms with E-state index in [9.17, 15) is 4.79 Å². The van der Waals surface area contributed by atoms with Gasteiger partial charge in [0.25, 0.3) is 0 Å². The number of rotatable bonds is 1. The van der Waals surface area contributed by atoms with E-state index in [2.05, 4.69) is 10.1 Å². The minimum Gasteiger partial charge on any atom is -0.444 e. The Labute approximate surface area is 140 Å². The van der Waals surface area contributed by atoms with Crippen molar-refractivity contribution < 1.29 is 9.53 Å². The van der Waals surface area contributed by atoms with E-state index in [1.165, 1.54) is 0 Å². The number of carbonyl (C=O) groups excluding carboxylic acids is 1. The van der Waals surface area contributed by atoms with E-state index in [0.29, 0.717) is 18.2 Å². The lowest BCUT2D eigenvalue weighted by molar-refractivity contribution is 0.0185. The summed E-state index contributed by atoms with van der Waals surface area (Å²) in [5.41, 5.74) is 0.379. The summed E-state index contributed by atoms with van der Waals surface area (Å²) in [6.45, 7) is 6.99. The number of hydrogen-bond donors (Lipinski definition) is 0. The molecule has 0 radical (unpaired) electrons. The summed E-state index contributed by atoms with van der Waals surface area (Å²) < 4.78 is 7.39. The highest BCUT2D eigenvalue weighted by atomic mass is 35.5. The minimum absolute atomic E-state index is 0.238. The Morgan fingerprint density at radius 3 is 2.70 bits per heavy atom. The Morgan fingerprint density at radius 1 is 1.35 bits per heavy atom. The number of fused-ring (bicyclic) bond motifs is 1. The molecule has 0 aromatic carbocycles. The van der Waals surface area contributed by atoms with Gasteiger partial charge >= 0.3 is 6.09 Å². The number of hydrogen-bond acceptors (Lipinski definition) is 4. The van der Waals surface area contributed by atoms with E-state index in [1.807, 2.05) is 37.7 Å². The molecule has 1 amide bonds. The van der Waals surface area contributed by atoms with Crippen LogP contribution < -0.4 is 0 Å². The number of piperidine rings is 1. The van der Waals surface area contributed by atoms with E-state index < -0.39 is 5.60 Å². The summed E-state index contributed by atoms with van der Waals surface area (Å²) in [4.78, 5) is 17.9. The summed E-state index contributed by atoms with van der Waals surface area (Å²) in [5, 5.41) is 6.02. The molecule has 6 nitrogen and oxygen atoms in total. The van der Waals surface area contributed by atoms with Gasteiger partial charge in [0.15, 0.2) is 0 Å². The Bertz CT molecular complexity index is 714. The predicted molar refractivity (Wildman–Crippen MR) is 88.6 cm³/mol. The molecule has 1 aliphatic heterocycles. The van der Waals surface area contributed by atoms with Gasteiger partial charge in [-0.05, 0) is 39.7 Å². The lowest BCUT2D eigenvalue weighted by Crippen LogP contribution is -2.42. The average molecular weight is 337 g/mol. The fraction of sp³-hybridized carbons (Fsp3) is 0.562.